The fourth-order valence-corrected chi connectivity index (χ4v) is 2.83. The number of aliphatic hydroxyl groups is 1. The van der Waals surface area contributed by atoms with Gasteiger partial charge in [0, 0.05) is 19.1 Å². The Kier molecular flexibility index (Phi) is 2.48. The quantitative estimate of drug-likeness (QED) is 0.756. The average Bonchev–Trinajstić information content (AvgIpc) is 2.38. The van der Waals surface area contributed by atoms with Crippen LogP contribution in [0.5, 0.6) is 0 Å². The van der Waals surface area contributed by atoms with Crippen LogP contribution in [-0.4, -0.2) is 24.2 Å². The zero-order chi connectivity index (χ0) is 11.0. The number of anilines is 2. The number of aliphatic hydroxyl groups excluding tert-OH is 1. The molecule has 1 saturated heterocycles. The molecule has 2 aliphatic rings. The first-order chi connectivity index (χ1) is 7.88. The summed E-state index contributed by atoms with van der Waals surface area (Å²) < 4.78 is 0. The van der Waals surface area contributed by atoms with Gasteiger partial charge in [0.1, 0.15) is 0 Å². The Hall–Kier alpha value is -1.22. The molecular formula is C13H18N2O. The first-order valence-electron chi connectivity index (χ1n) is 6.13. The van der Waals surface area contributed by atoms with Gasteiger partial charge in [0.05, 0.1) is 18.0 Å². The highest BCUT2D eigenvalue weighted by atomic mass is 16.3. The van der Waals surface area contributed by atoms with Gasteiger partial charge in [-0.25, -0.2) is 0 Å². The van der Waals surface area contributed by atoms with Crippen LogP contribution in [0.2, 0.25) is 0 Å². The lowest BCUT2D eigenvalue weighted by Crippen LogP contribution is -2.46. The van der Waals surface area contributed by atoms with Crippen molar-refractivity contribution in [3.05, 3.63) is 23.8 Å². The van der Waals surface area contributed by atoms with E-state index in [0.717, 1.165) is 12.1 Å². The van der Waals surface area contributed by atoms with E-state index in [0.29, 0.717) is 6.04 Å². The van der Waals surface area contributed by atoms with Crippen LogP contribution in [0, 0.1) is 0 Å². The zero-order valence-electron chi connectivity index (χ0n) is 9.45. The third-order valence-electron chi connectivity index (χ3n) is 3.71. The summed E-state index contributed by atoms with van der Waals surface area (Å²) >= 11 is 0. The summed E-state index contributed by atoms with van der Waals surface area (Å²) in [5.41, 5.74) is 3.49. The number of nitrogens with one attached hydrogen (secondary N) is 1. The van der Waals surface area contributed by atoms with E-state index in [-0.39, 0.29) is 6.61 Å². The number of piperidine rings is 1. The lowest BCUT2D eigenvalue weighted by molar-refractivity contribution is 0.282. The molecule has 0 aromatic heterocycles. The second kappa shape index (κ2) is 3.98. The van der Waals surface area contributed by atoms with Crippen LogP contribution in [0.25, 0.3) is 0 Å². The van der Waals surface area contributed by atoms with Crippen LogP contribution in [-0.2, 0) is 6.61 Å². The van der Waals surface area contributed by atoms with Crippen LogP contribution in [0.15, 0.2) is 18.2 Å². The zero-order valence-corrected chi connectivity index (χ0v) is 9.45. The minimum Gasteiger partial charge on any atom is -0.392 e. The van der Waals surface area contributed by atoms with Crippen molar-refractivity contribution in [2.75, 3.05) is 23.3 Å². The third kappa shape index (κ3) is 1.55. The van der Waals surface area contributed by atoms with Crippen LogP contribution in [0.1, 0.15) is 24.8 Å². The van der Waals surface area contributed by atoms with Gasteiger partial charge in [-0.05, 0) is 37.0 Å². The van der Waals surface area contributed by atoms with Gasteiger partial charge in [-0.3, -0.25) is 0 Å². The van der Waals surface area contributed by atoms with Gasteiger partial charge in [-0.1, -0.05) is 6.07 Å². The number of benzene rings is 1. The highest BCUT2D eigenvalue weighted by Gasteiger charge is 2.27. The Morgan fingerprint density at radius 2 is 2.31 bits per heavy atom. The van der Waals surface area contributed by atoms with Crippen molar-refractivity contribution >= 4 is 11.4 Å². The molecule has 3 heteroatoms. The summed E-state index contributed by atoms with van der Waals surface area (Å²) in [6.45, 7) is 2.35. The number of hydrogen-bond acceptors (Lipinski definition) is 3. The lowest BCUT2D eigenvalue weighted by Gasteiger charge is -2.42. The lowest BCUT2D eigenvalue weighted by atomic mass is 9.97. The molecule has 0 bridgehead atoms. The third-order valence-corrected chi connectivity index (χ3v) is 3.71. The summed E-state index contributed by atoms with van der Waals surface area (Å²) in [6.07, 6.45) is 3.96. The van der Waals surface area contributed by atoms with E-state index in [1.54, 1.807) is 0 Å². The minimum absolute atomic E-state index is 0.123. The number of fused-ring (bicyclic) bond motifs is 3. The second-order valence-corrected chi connectivity index (χ2v) is 4.73. The highest BCUT2D eigenvalue weighted by molar-refractivity contribution is 5.73. The highest BCUT2D eigenvalue weighted by Crippen LogP contribution is 2.35. The normalized spacial score (nSPS) is 23.3. The van der Waals surface area contributed by atoms with Crippen molar-refractivity contribution in [2.24, 2.45) is 0 Å². The second-order valence-electron chi connectivity index (χ2n) is 4.73. The number of rotatable bonds is 1. The smallest absolute Gasteiger partial charge is 0.0682 e. The Balaban J connectivity index is 1.96. The Bertz CT molecular complexity index is 392. The van der Waals surface area contributed by atoms with E-state index in [1.807, 2.05) is 6.07 Å². The molecule has 1 aromatic carbocycles. The number of hydrogen-bond donors (Lipinski definition) is 2. The molecule has 16 heavy (non-hydrogen) atoms. The molecular weight excluding hydrogens is 200 g/mol. The first kappa shape index (κ1) is 9.97. The molecule has 0 radical (unpaired) electrons. The van der Waals surface area contributed by atoms with Crippen molar-refractivity contribution in [1.82, 2.24) is 0 Å². The van der Waals surface area contributed by atoms with Gasteiger partial charge in [-0.2, -0.15) is 0 Å². The van der Waals surface area contributed by atoms with Gasteiger partial charge >= 0.3 is 0 Å². The van der Waals surface area contributed by atoms with Gasteiger partial charge in [0.25, 0.3) is 0 Å². The van der Waals surface area contributed by atoms with E-state index in [4.69, 9.17) is 5.11 Å². The topological polar surface area (TPSA) is 35.5 Å². The maximum absolute atomic E-state index is 9.13. The van der Waals surface area contributed by atoms with Crippen molar-refractivity contribution in [3.8, 4) is 0 Å². The van der Waals surface area contributed by atoms with E-state index in [9.17, 15) is 0 Å². The summed E-state index contributed by atoms with van der Waals surface area (Å²) in [4.78, 5) is 2.52. The van der Waals surface area contributed by atoms with E-state index in [2.05, 4.69) is 22.3 Å². The van der Waals surface area contributed by atoms with Gasteiger partial charge < -0.3 is 15.3 Å². The maximum Gasteiger partial charge on any atom is 0.0682 e. The summed E-state index contributed by atoms with van der Waals surface area (Å²) in [5, 5.41) is 12.6. The van der Waals surface area contributed by atoms with Crippen molar-refractivity contribution in [3.63, 3.8) is 0 Å². The molecule has 1 fully saturated rings. The molecule has 0 saturated carbocycles. The fraction of sp³-hybridized carbons (Fsp3) is 0.538. The molecule has 1 atom stereocenters. The van der Waals surface area contributed by atoms with Crippen LogP contribution in [0.3, 0.4) is 0 Å². The van der Waals surface area contributed by atoms with E-state index < -0.39 is 0 Å². The summed E-state index contributed by atoms with van der Waals surface area (Å²) in [5.74, 6) is 0. The molecule has 1 unspecified atom stereocenters. The van der Waals surface area contributed by atoms with Crippen molar-refractivity contribution in [1.29, 1.82) is 0 Å². The SMILES string of the molecule is OCc1ccc2c(c1)NCC1CCCCN21. The van der Waals surface area contributed by atoms with Crippen molar-refractivity contribution in [2.45, 2.75) is 31.9 Å². The molecule has 3 nitrogen and oxygen atoms in total. The fourth-order valence-electron chi connectivity index (χ4n) is 2.83. The maximum atomic E-state index is 9.13. The predicted molar refractivity (Wildman–Crippen MR) is 65.8 cm³/mol. The molecule has 1 aromatic rings. The molecule has 2 N–H and O–H groups in total. The van der Waals surface area contributed by atoms with Crippen LogP contribution in [0.4, 0.5) is 11.4 Å². The van der Waals surface area contributed by atoms with Gasteiger partial charge in [0.2, 0.25) is 0 Å². The Labute approximate surface area is 96.1 Å². The Morgan fingerprint density at radius 3 is 3.19 bits per heavy atom. The predicted octanol–water partition coefficient (Wildman–Crippen LogP) is 1.96. The molecule has 0 spiro atoms. The standard InChI is InChI=1S/C13H18N2O/c16-9-10-4-5-13-12(7-10)14-8-11-3-1-2-6-15(11)13/h4-5,7,11,14,16H,1-3,6,8-9H2. The summed E-state index contributed by atoms with van der Waals surface area (Å²) in [6, 6.07) is 6.91. The van der Waals surface area contributed by atoms with Crippen LogP contribution >= 0.6 is 0 Å². The molecule has 0 amide bonds. The van der Waals surface area contributed by atoms with Crippen molar-refractivity contribution < 1.29 is 5.11 Å². The Morgan fingerprint density at radius 1 is 1.38 bits per heavy atom. The first-order valence-corrected chi connectivity index (χ1v) is 6.13. The largest absolute Gasteiger partial charge is 0.392 e. The number of nitrogens with zero attached hydrogens (tertiary/aromatic N) is 1. The minimum atomic E-state index is 0.123. The molecule has 2 heterocycles. The monoisotopic (exact) mass is 218 g/mol. The molecule has 2 aliphatic heterocycles. The average molecular weight is 218 g/mol. The van der Waals surface area contributed by atoms with E-state index >= 15 is 0 Å². The van der Waals surface area contributed by atoms with Crippen LogP contribution < -0.4 is 10.2 Å². The van der Waals surface area contributed by atoms with Gasteiger partial charge in [-0.15, -0.1) is 0 Å². The molecule has 0 aliphatic carbocycles. The van der Waals surface area contributed by atoms with Gasteiger partial charge in [0.15, 0.2) is 0 Å². The summed E-state index contributed by atoms with van der Waals surface area (Å²) in [7, 11) is 0. The molecule has 3 rings (SSSR count). The molecule has 86 valence electrons. The van der Waals surface area contributed by atoms with E-state index in [1.165, 1.54) is 37.2 Å².